The third-order valence-electron chi connectivity index (χ3n) is 3.21. The van der Waals surface area contributed by atoms with Crippen molar-refractivity contribution in [2.45, 2.75) is 38.6 Å². The largest absolute Gasteiger partial charge is 0.480 e. The molecule has 0 amide bonds. The number of hydrogen-bond acceptors (Lipinski definition) is 3. The van der Waals surface area contributed by atoms with Crippen LogP contribution in [-0.2, 0) is 9.59 Å². The lowest BCUT2D eigenvalue weighted by Gasteiger charge is -2.36. The van der Waals surface area contributed by atoms with Gasteiger partial charge in [-0.25, -0.2) is 0 Å². The first-order valence-electron chi connectivity index (χ1n) is 5.68. The lowest BCUT2D eigenvalue weighted by molar-refractivity contribution is -0.143. The van der Waals surface area contributed by atoms with E-state index in [0.717, 1.165) is 25.7 Å². The molecule has 0 aromatic heterocycles. The van der Waals surface area contributed by atoms with Crippen molar-refractivity contribution in [3.63, 3.8) is 0 Å². The van der Waals surface area contributed by atoms with Gasteiger partial charge in [0.15, 0.2) is 0 Å². The van der Waals surface area contributed by atoms with Crippen LogP contribution in [0.15, 0.2) is 0 Å². The summed E-state index contributed by atoms with van der Waals surface area (Å²) >= 11 is 0. The fourth-order valence-corrected chi connectivity index (χ4v) is 2.48. The van der Waals surface area contributed by atoms with Gasteiger partial charge in [-0.2, -0.15) is 0 Å². The monoisotopic (exact) mass is 229 g/mol. The Balaban J connectivity index is 2.65. The molecule has 1 aliphatic rings. The molecule has 1 saturated carbocycles. The molecule has 2 atom stereocenters. The van der Waals surface area contributed by atoms with Crippen LogP contribution in [0.2, 0.25) is 0 Å². The first kappa shape index (κ1) is 13.0. The van der Waals surface area contributed by atoms with Crippen molar-refractivity contribution in [2.24, 2.45) is 5.92 Å². The molecule has 2 N–H and O–H groups in total. The molecule has 0 aromatic carbocycles. The van der Waals surface area contributed by atoms with Crippen LogP contribution in [0.3, 0.4) is 0 Å². The maximum Gasteiger partial charge on any atom is 0.317 e. The molecule has 0 aliphatic heterocycles. The molecule has 1 rings (SSSR count). The lowest BCUT2D eigenvalue weighted by Crippen LogP contribution is -2.46. The number of carboxylic acids is 2. The zero-order valence-corrected chi connectivity index (χ0v) is 9.56. The highest BCUT2D eigenvalue weighted by atomic mass is 16.4. The van der Waals surface area contributed by atoms with Gasteiger partial charge in [0, 0.05) is 6.04 Å². The highest BCUT2D eigenvalue weighted by Crippen LogP contribution is 2.27. The highest BCUT2D eigenvalue weighted by Gasteiger charge is 2.29. The second kappa shape index (κ2) is 5.84. The van der Waals surface area contributed by atoms with E-state index < -0.39 is 11.9 Å². The minimum absolute atomic E-state index is 0.0981. The predicted molar refractivity (Wildman–Crippen MR) is 58.3 cm³/mol. The topological polar surface area (TPSA) is 77.8 Å². The van der Waals surface area contributed by atoms with Gasteiger partial charge >= 0.3 is 11.9 Å². The van der Waals surface area contributed by atoms with Gasteiger partial charge in [0.05, 0.1) is 13.1 Å². The van der Waals surface area contributed by atoms with Gasteiger partial charge in [0.1, 0.15) is 0 Å². The fraction of sp³-hybridized carbons (Fsp3) is 0.818. The van der Waals surface area contributed by atoms with Crippen molar-refractivity contribution in [2.75, 3.05) is 13.1 Å². The molecule has 0 heterocycles. The summed E-state index contributed by atoms with van der Waals surface area (Å²) in [6, 6.07) is 0.0981. The van der Waals surface area contributed by atoms with Crippen molar-refractivity contribution < 1.29 is 19.8 Å². The fourth-order valence-electron chi connectivity index (χ4n) is 2.48. The van der Waals surface area contributed by atoms with E-state index in [1.807, 2.05) is 0 Å². The molecule has 5 nitrogen and oxygen atoms in total. The van der Waals surface area contributed by atoms with Gasteiger partial charge in [0.2, 0.25) is 0 Å². The summed E-state index contributed by atoms with van der Waals surface area (Å²) in [5, 5.41) is 17.6. The van der Waals surface area contributed by atoms with Crippen LogP contribution in [0, 0.1) is 5.92 Å². The van der Waals surface area contributed by atoms with Crippen molar-refractivity contribution in [3.05, 3.63) is 0 Å². The molecule has 5 heteroatoms. The average molecular weight is 229 g/mol. The van der Waals surface area contributed by atoms with E-state index in [9.17, 15) is 9.59 Å². The second-order valence-corrected chi connectivity index (χ2v) is 4.52. The van der Waals surface area contributed by atoms with Crippen molar-refractivity contribution in [3.8, 4) is 0 Å². The Bertz CT molecular complexity index is 251. The van der Waals surface area contributed by atoms with Gasteiger partial charge in [-0.3, -0.25) is 14.5 Å². The van der Waals surface area contributed by atoms with E-state index in [1.165, 1.54) is 0 Å². The average Bonchev–Trinajstić information content (AvgIpc) is 2.15. The summed E-state index contributed by atoms with van der Waals surface area (Å²) in [7, 11) is 0. The first-order chi connectivity index (χ1) is 7.50. The molecule has 1 aliphatic carbocycles. The zero-order valence-electron chi connectivity index (χ0n) is 9.56. The van der Waals surface area contributed by atoms with Crippen LogP contribution in [0.4, 0.5) is 0 Å². The van der Waals surface area contributed by atoms with Gasteiger partial charge in [-0.1, -0.05) is 19.8 Å². The summed E-state index contributed by atoms with van der Waals surface area (Å²) in [5.74, 6) is -1.54. The number of hydrogen-bond donors (Lipinski definition) is 2. The molecule has 92 valence electrons. The number of carboxylic acid groups (broad SMARTS) is 2. The molecule has 0 spiro atoms. The van der Waals surface area contributed by atoms with Crippen LogP contribution in [0.25, 0.3) is 0 Å². The summed E-state index contributed by atoms with van der Waals surface area (Å²) in [6.07, 6.45) is 4.18. The Labute approximate surface area is 95.1 Å². The molecule has 1 fully saturated rings. The lowest BCUT2D eigenvalue weighted by atomic mass is 9.85. The minimum Gasteiger partial charge on any atom is -0.480 e. The van der Waals surface area contributed by atoms with E-state index in [0.29, 0.717) is 5.92 Å². The zero-order chi connectivity index (χ0) is 12.1. The molecular formula is C11H19NO4. The Morgan fingerprint density at radius 3 is 2.06 bits per heavy atom. The van der Waals surface area contributed by atoms with Gasteiger partial charge in [-0.05, 0) is 18.8 Å². The highest BCUT2D eigenvalue weighted by molar-refractivity contribution is 5.72. The molecule has 2 unspecified atom stereocenters. The van der Waals surface area contributed by atoms with Crippen LogP contribution in [0.5, 0.6) is 0 Å². The number of aliphatic carboxylic acids is 2. The van der Waals surface area contributed by atoms with E-state index in [1.54, 1.807) is 4.90 Å². The standard InChI is InChI=1S/C11H19NO4/c1-8-4-2-3-5-9(8)12(6-10(13)14)7-11(15)16/h8-9H,2-7H2,1H3,(H,13,14)(H,15,16). The van der Waals surface area contributed by atoms with Crippen molar-refractivity contribution >= 4 is 11.9 Å². The predicted octanol–water partition coefficient (Wildman–Crippen LogP) is 1.04. The SMILES string of the molecule is CC1CCCCC1N(CC(=O)O)CC(=O)O. The summed E-state index contributed by atoms with van der Waals surface area (Å²) < 4.78 is 0. The van der Waals surface area contributed by atoms with E-state index in [-0.39, 0.29) is 19.1 Å². The summed E-state index contributed by atoms with van der Waals surface area (Å²) in [4.78, 5) is 23.0. The number of nitrogens with zero attached hydrogens (tertiary/aromatic N) is 1. The maximum absolute atomic E-state index is 10.7. The second-order valence-electron chi connectivity index (χ2n) is 4.52. The van der Waals surface area contributed by atoms with Gasteiger partial charge < -0.3 is 10.2 Å². The summed E-state index contributed by atoms with van der Waals surface area (Å²) in [5.41, 5.74) is 0. The van der Waals surface area contributed by atoms with Gasteiger partial charge in [0.25, 0.3) is 0 Å². The van der Waals surface area contributed by atoms with Crippen molar-refractivity contribution in [1.82, 2.24) is 4.90 Å². The van der Waals surface area contributed by atoms with Crippen LogP contribution in [0.1, 0.15) is 32.6 Å². The van der Waals surface area contributed by atoms with E-state index in [2.05, 4.69) is 6.92 Å². The van der Waals surface area contributed by atoms with Crippen LogP contribution in [-0.4, -0.2) is 46.2 Å². The number of rotatable bonds is 5. The van der Waals surface area contributed by atoms with Gasteiger partial charge in [-0.15, -0.1) is 0 Å². The molecule has 16 heavy (non-hydrogen) atoms. The Kier molecular flexibility index (Phi) is 4.73. The molecule has 0 radical (unpaired) electrons. The molecule has 0 bridgehead atoms. The minimum atomic E-state index is -0.959. The first-order valence-corrected chi connectivity index (χ1v) is 5.68. The van der Waals surface area contributed by atoms with E-state index >= 15 is 0 Å². The maximum atomic E-state index is 10.7. The Hall–Kier alpha value is -1.10. The van der Waals surface area contributed by atoms with E-state index in [4.69, 9.17) is 10.2 Å². The Morgan fingerprint density at radius 1 is 1.12 bits per heavy atom. The molecule has 0 aromatic rings. The quantitative estimate of drug-likeness (QED) is 0.736. The molecular weight excluding hydrogens is 210 g/mol. The van der Waals surface area contributed by atoms with Crippen LogP contribution < -0.4 is 0 Å². The van der Waals surface area contributed by atoms with Crippen molar-refractivity contribution in [1.29, 1.82) is 0 Å². The van der Waals surface area contributed by atoms with Crippen LogP contribution >= 0.6 is 0 Å². The molecule has 0 saturated heterocycles. The Morgan fingerprint density at radius 2 is 1.62 bits per heavy atom. The normalized spacial score (nSPS) is 25.6. The third-order valence-corrected chi connectivity index (χ3v) is 3.21. The smallest absolute Gasteiger partial charge is 0.317 e. The summed E-state index contributed by atoms with van der Waals surface area (Å²) in [6.45, 7) is 1.71. The number of carbonyl (C=O) groups is 2. The third kappa shape index (κ3) is 3.81.